The van der Waals surface area contributed by atoms with E-state index in [2.05, 4.69) is 12.2 Å². The fourth-order valence-electron chi connectivity index (χ4n) is 0.863. The van der Waals surface area contributed by atoms with Crippen LogP contribution in [-0.4, -0.2) is 12.3 Å². The highest BCUT2D eigenvalue weighted by Crippen LogP contribution is 2.06. The van der Waals surface area contributed by atoms with E-state index in [-0.39, 0.29) is 5.78 Å². The van der Waals surface area contributed by atoms with Crippen molar-refractivity contribution in [2.45, 2.75) is 13.3 Å². The van der Waals surface area contributed by atoms with Crippen LogP contribution in [0.25, 0.3) is 0 Å². The number of carbonyl (C=O) groups is 1. The SMILES string of the molecule is CCCN/C=C/C(=O)c1ccsc1. The molecule has 0 saturated carbocycles. The van der Waals surface area contributed by atoms with Crippen LogP contribution in [0.15, 0.2) is 29.1 Å². The van der Waals surface area contributed by atoms with Crippen molar-refractivity contribution < 1.29 is 4.79 Å². The molecular weight excluding hydrogens is 182 g/mol. The van der Waals surface area contributed by atoms with Crippen molar-refractivity contribution in [3.63, 3.8) is 0 Å². The predicted octanol–water partition coefficient (Wildman–Crippen LogP) is 2.44. The van der Waals surface area contributed by atoms with Gasteiger partial charge in [0.1, 0.15) is 0 Å². The minimum atomic E-state index is 0.0600. The molecule has 1 aromatic heterocycles. The van der Waals surface area contributed by atoms with Crippen molar-refractivity contribution in [2.75, 3.05) is 6.54 Å². The lowest BCUT2D eigenvalue weighted by atomic mass is 10.2. The van der Waals surface area contributed by atoms with Gasteiger partial charge in [0.25, 0.3) is 0 Å². The maximum Gasteiger partial charge on any atom is 0.188 e. The van der Waals surface area contributed by atoms with E-state index in [0.29, 0.717) is 0 Å². The summed E-state index contributed by atoms with van der Waals surface area (Å²) in [5.74, 6) is 0.0600. The second-order valence-corrected chi connectivity index (χ2v) is 3.44. The monoisotopic (exact) mass is 195 g/mol. The van der Waals surface area contributed by atoms with Crippen LogP contribution in [0.4, 0.5) is 0 Å². The molecule has 0 fully saturated rings. The van der Waals surface area contributed by atoms with Crippen molar-refractivity contribution in [3.8, 4) is 0 Å². The molecule has 1 heterocycles. The molecular formula is C10H13NOS. The zero-order valence-electron chi connectivity index (χ0n) is 7.62. The highest BCUT2D eigenvalue weighted by Gasteiger charge is 1.99. The molecule has 0 aliphatic rings. The largest absolute Gasteiger partial charge is 0.391 e. The summed E-state index contributed by atoms with van der Waals surface area (Å²) in [6.07, 6.45) is 4.35. The van der Waals surface area contributed by atoms with Gasteiger partial charge in [-0.15, -0.1) is 0 Å². The lowest BCUT2D eigenvalue weighted by molar-refractivity contribution is 0.104. The van der Waals surface area contributed by atoms with E-state index in [0.717, 1.165) is 18.5 Å². The molecule has 0 atom stereocenters. The Balaban J connectivity index is 2.38. The van der Waals surface area contributed by atoms with Crippen LogP contribution < -0.4 is 5.32 Å². The van der Waals surface area contributed by atoms with E-state index >= 15 is 0 Å². The summed E-state index contributed by atoms with van der Waals surface area (Å²) in [5.41, 5.74) is 0.763. The normalized spacial score (nSPS) is 10.5. The van der Waals surface area contributed by atoms with Gasteiger partial charge in [-0.3, -0.25) is 4.79 Å². The van der Waals surface area contributed by atoms with Gasteiger partial charge in [0.15, 0.2) is 5.78 Å². The second-order valence-electron chi connectivity index (χ2n) is 2.66. The Bertz CT molecular complexity index is 277. The summed E-state index contributed by atoms with van der Waals surface area (Å²) >= 11 is 1.54. The average Bonchev–Trinajstić information content (AvgIpc) is 2.65. The van der Waals surface area contributed by atoms with E-state index < -0.39 is 0 Å². The number of carbonyl (C=O) groups excluding carboxylic acids is 1. The van der Waals surface area contributed by atoms with Gasteiger partial charge in [-0.2, -0.15) is 11.3 Å². The zero-order chi connectivity index (χ0) is 9.52. The molecule has 0 amide bonds. The fraction of sp³-hybridized carbons (Fsp3) is 0.300. The summed E-state index contributed by atoms with van der Waals surface area (Å²) in [6.45, 7) is 2.99. The smallest absolute Gasteiger partial charge is 0.188 e. The van der Waals surface area contributed by atoms with Gasteiger partial charge in [-0.05, 0) is 17.9 Å². The molecule has 1 N–H and O–H groups in total. The van der Waals surface area contributed by atoms with Gasteiger partial charge < -0.3 is 5.32 Å². The molecule has 70 valence electrons. The van der Waals surface area contributed by atoms with Crippen LogP contribution in [0.5, 0.6) is 0 Å². The summed E-state index contributed by atoms with van der Waals surface area (Å²) in [4.78, 5) is 11.3. The van der Waals surface area contributed by atoms with Crippen LogP contribution >= 0.6 is 11.3 Å². The zero-order valence-corrected chi connectivity index (χ0v) is 8.43. The Morgan fingerprint density at radius 2 is 2.54 bits per heavy atom. The minimum absolute atomic E-state index is 0.0600. The first-order chi connectivity index (χ1) is 6.34. The van der Waals surface area contributed by atoms with Crippen molar-refractivity contribution >= 4 is 17.1 Å². The van der Waals surface area contributed by atoms with Crippen molar-refractivity contribution in [2.24, 2.45) is 0 Å². The van der Waals surface area contributed by atoms with Crippen LogP contribution in [0.3, 0.4) is 0 Å². The summed E-state index contributed by atoms with van der Waals surface area (Å²) in [5, 5.41) is 6.79. The number of thiophene rings is 1. The number of rotatable bonds is 5. The number of nitrogens with one attached hydrogen (secondary N) is 1. The molecule has 0 saturated heterocycles. The molecule has 0 aliphatic carbocycles. The molecule has 0 aliphatic heterocycles. The predicted molar refractivity (Wildman–Crippen MR) is 56.1 cm³/mol. The van der Waals surface area contributed by atoms with E-state index in [1.807, 2.05) is 16.8 Å². The van der Waals surface area contributed by atoms with Crippen molar-refractivity contribution in [1.82, 2.24) is 5.32 Å². The molecule has 1 aromatic rings. The molecule has 2 nitrogen and oxygen atoms in total. The third kappa shape index (κ3) is 3.42. The van der Waals surface area contributed by atoms with Gasteiger partial charge in [-0.1, -0.05) is 6.92 Å². The molecule has 0 aromatic carbocycles. The minimum Gasteiger partial charge on any atom is -0.391 e. The van der Waals surface area contributed by atoms with Crippen LogP contribution in [0.2, 0.25) is 0 Å². The number of ketones is 1. The number of hydrogen-bond donors (Lipinski definition) is 1. The van der Waals surface area contributed by atoms with Gasteiger partial charge in [0.2, 0.25) is 0 Å². The maximum absolute atomic E-state index is 11.3. The van der Waals surface area contributed by atoms with Crippen LogP contribution in [0, 0.1) is 0 Å². The molecule has 0 bridgehead atoms. The Morgan fingerprint density at radius 3 is 3.15 bits per heavy atom. The highest BCUT2D eigenvalue weighted by atomic mass is 32.1. The molecule has 1 rings (SSSR count). The van der Waals surface area contributed by atoms with Gasteiger partial charge in [-0.25, -0.2) is 0 Å². The molecule has 3 heteroatoms. The van der Waals surface area contributed by atoms with E-state index in [4.69, 9.17) is 0 Å². The molecule has 0 unspecified atom stereocenters. The molecule has 0 radical (unpaired) electrons. The van der Waals surface area contributed by atoms with Crippen LogP contribution in [0.1, 0.15) is 23.7 Å². The summed E-state index contributed by atoms with van der Waals surface area (Å²) in [6, 6.07) is 1.83. The average molecular weight is 195 g/mol. The fourth-order valence-corrected chi connectivity index (χ4v) is 1.51. The lowest BCUT2D eigenvalue weighted by Gasteiger charge is -1.94. The quantitative estimate of drug-likeness (QED) is 0.444. The van der Waals surface area contributed by atoms with Crippen molar-refractivity contribution in [1.29, 1.82) is 0 Å². The Labute approximate surface area is 82.3 Å². The summed E-state index contributed by atoms with van der Waals surface area (Å²) < 4.78 is 0. The third-order valence-electron chi connectivity index (χ3n) is 1.55. The van der Waals surface area contributed by atoms with Gasteiger partial charge >= 0.3 is 0 Å². The lowest BCUT2D eigenvalue weighted by Crippen LogP contribution is -2.06. The topological polar surface area (TPSA) is 29.1 Å². The number of hydrogen-bond acceptors (Lipinski definition) is 3. The Kier molecular flexibility index (Phi) is 4.26. The molecule has 13 heavy (non-hydrogen) atoms. The highest BCUT2D eigenvalue weighted by molar-refractivity contribution is 7.08. The maximum atomic E-state index is 11.3. The molecule has 0 spiro atoms. The van der Waals surface area contributed by atoms with Crippen molar-refractivity contribution in [3.05, 3.63) is 34.7 Å². The Morgan fingerprint density at radius 1 is 1.69 bits per heavy atom. The second kappa shape index (κ2) is 5.54. The third-order valence-corrected chi connectivity index (χ3v) is 2.24. The van der Waals surface area contributed by atoms with Gasteiger partial charge in [0.05, 0.1) is 0 Å². The summed E-state index contributed by atoms with van der Waals surface area (Å²) in [7, 11) is 0. The standard InChI is InChI=1S/C10H13NOS/c1-2-5-11-6-3-10(12)9-4-7-13-8-9/h3-4,6-8,11H,2,5H2,1H3/b6-3+. The van der Waals surface area contributed by atoms with E-state index in [1.54, 1.807) is 12.3 Å². The van der Waals surface area contributed by atoms with E-state index in [1.165, 1.54) is 11.3 Å². The first-order valence-electron chi connectivity index (χ1n) is 4.31. The first-order valence-corrected chi connectivity index (χ1v) is 5.25. The van der Waals surface area contributed by atoms with Gasteiger partial charge in [0, 0.05) is 29.8 Å². The van der Waals surface area contributed by atoms with Crippen LogP contribution in [-0.2, 0) is 0 Å². The first kappa shape index (κ1) is 9.99. The Hall–Kier alpha value is -1.09. The van der Waals surface area contributed by atoms with E-state index in [9.17, 15) is 4.79 Å². The number of allylic oxidation sites excluding steroid dienone is 1.